The molecule has 1 heterocycles. The normalized spacial score (nSPS) is 12.6. The van der Waals surface area contributed by atoms with Gasteiger partial charge in [-0.05, 0) is 13.3 Å². The third-order valence-electron chi connectivity index (χ3n) is 1.90. The predicted molar refractivity (Wildman–Crippen MR) is 59.6 cm³/mol. The fraction of sp³-hybridized carbons (Fsp3) is 0.556. The van der Waals surface area contributed by atoms with Gasteiger partial charge in [-0.2, -0.15) is 5.10 Å². The molecule has 1 rings (SSSR count). The Bertz CT molecular complexity index is 335. The van der Waals surface area contributed by atoms with Crippen molar-refractivity contribution >= 4 is 27.7 Å². The second kappa shape index (κ2) is 4.59. The molecule has 0 fully saturated rings. The largest absolute Gasteiger partial charge is 0.310 e. The van der Waals surface area contributed by atoms with Gasteiger partial charge in [0.1, 0.15) is 5.82 Å². The quantitative estimate of drug-likeness (QED) is 0.843. The van der Waals surface area contributed by atoms with Gasteiger partial charge >= 0.3 is 0 Å². The number of aromatic nitrogens is 2. The van der Waals surface area contributed by atoms with Crippen LogP contribution in [0.3, 0.4) is 0 Å². The molecule has 1 aromatic rings. The summed E-state index contributed by atoms with van der Waals surface area (Å²) in [6.07, 6.45) is 0.767. The third-order valence-corrected chi connectivity index (χ3v) is 2.96. The highest BCUT2D eigenvalue weighted by Gasteiger charge is 2.13. The Morgan fingerprint density at radius 1 is 1.79 bits per heavy atom. The van der Waals surface area contributed by atoms with Crippen LogP contribution in [-0.4, -0.2) is 20.5 Å². The molecule has 0 saturated heterocycles. The fourth-order valence-electron chi connectivity index (χ4n) is 1.12. The summed E-state index contributed by atoms with van der Waals surface area (Å²) in [6.45, 7) is 3.84. The van der Waals surface area contributed by atoms with Crippen LogP contribution in [0.4, 0.5) is 5.82 Å². The topological polar surface area (TPSA) is 46.9 Å². The summed E-state index contributed by atoms with van der Waals surface area (Å²) in [6, 6.07) is 1.84. The SMILES string of the molecule is CCC(Br)C(=O)Nc1cc(C)nn1C. The van der Waals surface area contributed by atoms with E-state index in [0.717, 1.165) is 17.9 Å². The smallest absolute Gasteiger partial charge is 0.239 e. The van der Waals surface area contributed by atoms with Gasteiger partial charge in [0.05, 0.1) is 10.5 Å². The van der Waals surface area contributed by atoms with Crippen LogP contribution in [0.5, 0.6) is 0 Å². The van der Waals surface area contributed by atoms with Crippen LogP contribution in [0.15, 0.2) is 6.07 Å². The van der Waals surface area contributed by atoms with Crippen molar-refractivity contribution in [3.05, 3.63) is 11.8 Å². The van der Waals surface area contributed by atoms with Gasteiger partial charge in [0, 0.05) is 13.1 Å². The molecule has 0 aromatic carbocycles. The van der Waals surface area contributed by atoms with Crippen LogP contribution >= 0.6 is 15.9 Å². The maximum absolute atomic E-state index is 11.5. The van der Waals surface area contributed by atoms with E-state index in [1.165, 1.54) is 0 Å². The molecule has 1 unspecified atom stereocenters. The lowest BCUT2D eigenvalue weighted by Crippen LogP contribution is -2.23. The average molecular weight is 260 g/mol. The number of nitrogens with zero attached hydrogens (tertiary/aromatic N) is 2. The van der Waals surface area contributed by atoms with E-state index in [0.29, 0.717) is 0 Å². The van der Waals surface area contributed by atoms with Gasteiger partial charge in [-0.1, -0.05) is 22.9 Å². The molecule has 14 heavy (non-hydrogen) atoms. The summed E-state index contributed by atoms with van der Waals surface area (Å²) in [5.41, 5.74) is 0.894. The van der Waals surface area contributed by atoms with Gasteiger partial charge < -0.3 is 5.32 Å². The summed E-state index contributed by atoms with van der Waals surface area (Å²) in [7, 11) is 1.80. The molecule has 1 N–H and O–H groups in total. The lowest BCUT2D eigenvalue weighted by molar-refractivity contribution is -0.115. The molecule has 0 aliphatic rings. The Balaban J connectivity index is 2.69. The van der Waals surface area contributed by atoms with Crippen molar-refractivity contribution in [2.75, 3.05) is 5.32 Å². The molecular weight excluding hydrogens is 246 g/mol. The van der Waals surface area contributed by atoms with Crippen LogP contribution in [0.1, 0.15) is 19.0 Å². The molecule has 0 aliphatic carbocycles. The third kappa shape index (κ3) is 2.57. The molecule has 78 valence electrons. The number of nitrogens with one attached hydrogen (secondary N) is 1. The van der Waals surface area contributed by atoms with E-state index >= 15 is 0 Å². The number of carbonyl (C=O) groups excluding carboxylic acids is 1. The highest BCUT2D eigenvalue weighted by Crippen LogP contribution is 2.11. The van der Waals surface area contributed by atoms with E-state index in [2.05, 4.69) is 26.3 Å². The number of anilines is 1. The van der Waals surface area contributed by atoms with Crippen molar-refractivity contribution < 1.29 is 4.79 Å². The van der Waals surface area contributed by atoms with E-state index in [1.807, 2.05) is 19.9 Å². The summed E-state index contributed by atoms with van der Waals surface area (Å²) in [5.74, 6) is 0.695. The first-order valence-corrected chi connectivity index (χ1v) is 5.41. The van der Waals surface area contributed by atoms with Gasteiger partial charge in [-0.25, -0.2) is 0 Å². The maximum Gasteiger partial charge on any atom is 0.239 e. The Morgan fingerprint density at radius 2 is 2.43 bits per heavy atom. The van der Waals surface area contributed by atoms with E-state index in [1.54, 1.807) is 11.7 Å². The number of halogens is 1. The molecule has 0 saturated carbocycles. The van der Waals surface area contributed by atoms with Crippen LogP contribution < -0.4 is 5.32 Å². The number of hydrogen-bond acceptors (Lipinski definition) is 2. The molecule has 0 bridgehead atoms. The lowest BCUT2D eigenvalue weighted by Gasteiger charge is -2.07. The minimum absolute atomic E-state index is 0.0319. The zero-order chi connectivity index (χ0) is 10.7. The summed E-state index contributed by atoms with van der Waals surface area (Å²) < 4.78 is 1.66. The van der Waals surface area contributed by atoms with Crippen LogP contribution in [0, 0.1) is 6.92 Å². The summed E-state index contributed by atoms with van der Waals surface area (Å²) in [5, 5.41) is 6.93. The fourth-order valence-corrected chi connectivity index (χ4v) is 1.23. The monoisotopic (exact) mass is 259 g/mol. The molecule has 1 amide bonds. The minimum atomic E-state index is -0.141. The molecule has 0 radical (unpaired) electrons. The second-order valence-electron chi connectivity index (χ2n) is 3.16. The van der Waals surface area contributed by atoms with Crippen LogP contribution in [0.25, 0.3) is 0 Å². The first kappa shape index (κ1) is 11.2. The zero-order valence-electron chi connectivity index (χ0n) is 8.54. The Hall–Kier alpha value is -0.840. The second-order valence-corrected chi connectivity index (χ2v) is 4.26. The van der Waals surface area contributed by atoms with Crippen LogP contribution in [0.2, 0.25) is 0 Å². The lowest BCUT2D eigenvalue weighted by atomic mass is 10.3. The average Bonchev–Trinajstić information content (AvgIpc) is 2.44. The molecule has 1 atom stereocenters. The van der Waals surface area contributed by atoms with E-state index < -0.39 is 0 Å². The Labute approximate surface area is 91.8 Å². The van der Waals surface area contributed by atoms with E-state index in [-0.39, 0.29) is 10.7 Å². The van der Waals surface area contributed by atoms with Gasteiger partial charge in [-0.3, -0.25) is 9.48 Å². The standard InChI is InChI=1S/C9H14BrN3O/c1-4-7(10)9(14)11-8-5-6(2)12-13(8)3/h5,7H,4H2,1-3H3,(H,11,14). The van der Waals surface area contributed by atoms with Gasteiger partial charge in [0.2, 0.25) is 5.91 Å². The Kier molecular flexibility index (Phi) is 3.69. The summed E-state index contributed by atoms with van der Waals surface area (Å²) >= 11 is 3.29. The first-order valence-electron chi connectivity index (χ1n) is 4.50. The molecule has 0 spiro atoms. The number of aryl methyl sites for hydroxylation is 2. The molecule has 0 aliphatic heterocycles. The van der Waals surface area contributed by atoms with Crippen molar-refractivity contribution in [1.82, 2.24) is 9.78 Å². The highest BCUT2D eigenvalue weighted by atomic mass is 79.9. The zero-order valence-corrected chi connectivity index (χ0v) is 10.1. The number of hydrogen-bond donors (Lipinski definition) is 1. The van der Waals surface area contributed by atoms with Crippen molar-refractivity contribution in [3.8, 4) is 0 Å². The number of rotatable bonds is 3. The number of alkyl halides is 1. The van der Waals surface area contributed by atoms with Crippen LogP contribution in [-0.2, 0) is 11.8 Å². The van der Waals surface area contributed by atoms with Crippen molar-refractivity contribution in [3.63, 3.8) is 0 Å². The van der Waals surface area contributed by atoms with E-state index in [4.69, 9.17) is 0 Å². The van der Waals surface area contributed by atoms with Gasteiger partial charge in [-0.15, -0.1) is 0 Å². The van der Waals surface area contributed by atoms with E-state index in [9.17, 15) is 4.79 Å². The highest BCUT2D eigenvalue weighted by molar-refractivity contribution is 9.10. The van der Waals surface area contributed by atoms with Crippen molar-refractivity contribution in [2.24, 2.45) is 7.05 Å². The van der Waals surface area contributed by atoms with Gasteiger partial charge in [0.15, 0.2) is 0 Å². The van der Waals surface area contributed by atoms with Crippen molar-refractivity contribution in [2.45, 2.75) is 25.1 Å². The summed E-state index contributed by atoms with van der Waals surface area (Å²) in [4.78, 5) is 11.4. The maximum atomic E-state index is 11.5. The minimum Gasteiger partial charge on any atom is -0.310 e. The van der Waals surface area contributed by atoms with Gasteiger partial charge in [0.25, 0.3) is 0 Å². The Morgan fingerprint density at radius 3 is 2.86 bits per heavy atom. The molecular formula is C9H14BrN3O. The first-order chi connectivity index (χ1) is 6.54. The number of amides is 1. The molecule has 5 heteroatoms. The number of carbonyl (C=O) groups is 1. The predicted octanol–water partition coefficient (Wildman–Crippen LogP) is 1.84. The van der Waals surface area contributed by atoms with Crippen molar-refractivity contribution in [1.29, 1.82) is 0 Å². The molecule has 4 nitrogen and oxygen atoms in total. The molecule has 1 aromatic heterocycles.